The summed E-state index contributed by atoms with van der Waals surface area (Å²) in [5, 5.41) is 12.9. The minimum Gasteiger partial charge on any atom is -0.494 e. The number of carbonyl (C=O) groups excluding carboxylic acids is 1. The summed E-state index contributed by atoms with van der Waals surface area (Å²) in [5.74, 6) is 0.943. The van der Waals surface area contributed by atoms with Gasteiger partial charge in [0.25, 0.3) is 0 Å². The van der Waals surface area contributed by atoms with E-state index in [1.54, 1.807) is 31.3 Å². The average Bonchev–Trinajstić information content (AvgIpc) is 2.74. The predicted octanol–water partition coefficient (Wildman–Crippen LogP) is 3.84. The maximum Gasteiger partial charge on any atom is 0.323 e. The third kappa shape index (κ3) is 4.86. The molecule has 1 aromatic carbocycles. The number of likely N-dealkylation sites (tertiary alicyclic amines) is 1. The van der Waals surface area contributed by atoms with Crippen molar-refractivity contribution in [2.24, 2.45) is 4.99 Å². The summed E-state index contributed by atoms with van der Waals surface area (Å²) in [6, 6.07) is 7.45. The van der Waals surface area contributed by atoms with E-state index in [0.29, 0.717) is 43.2 Å². The van der Waals surface area contributed by atoms with Gasteiger partial charge in [-0.25, -0.2) is 9.79 Å². The van der Waals surface area contributed by atoms with Gasteiger partial charge in [0.05, 0.1) is 12.7 Å². The number of pyridine rings is 1. The first-order chi connectivity index (χ1) is 14.3. The number of ether oxygens (including phenoxy) is 1. The van der Waals surface area contributed by atoms with Gasteiger partial charge in [0, 0.05) is 25.5 Å². The molecule has 30 heavy (non-hydrogen) atoms. The van der Waals surface area contributed by atoms with Gasteiger partial charge in [0.2, 0.25) is 0 Å². The van der Waals surface area contributed by atoms with Crippen molar-refractivity contribution in [1.29, 1.82) is 0 Å². The molecule has 0 unspecified atom stereocenters. The number of hydrogen-bond acceptors (Lipinski definition) is 5. The van der Waals surface area contributed by atoms with Gasteiger partial charge in [-0.15, -0.1) is 0 Å². The second kappa shape index (κ2) is 9.09. The quantitative estimate of drug-likeness (QED) is 0.594. The molecule has 0 spiro atoms. The van der Waals surface area contributed by atoms with Crippen LogP contribution in [0, 0.1) is 6.92 Å². The van der Waals surface area contributed by atoms with Gasteiger partial charge < -0.3 is 14.7 Å². The normalized spacial score (nSPS) is 16.1. The van der Waals surface area contributed by atoms with E-state index in [0.717, 1.165) is 16.7 Å². The highest BCUT2D eigenvalue weighted by Crippen LogP contribution is 2.37. The number of carbonyl (C=O) groups is 1. The summed E-state index contributed by atoms with van der Waals surface area (Å²) in [5.41, 5.74) is 2.85. The highest BCUT2D eigenvalue weighted by Gasteiger charge is 2.29. The number of piperidine rings is 1. The molecule has 1 aliphatic heterocycles. The standard InChI is InChI=1S/C23H28N4O3/c1-5-20(26-22(28)27-14-10-23(3,29)11-15-27)25-21-16(2)18(6-7-19(21)30-4)17-8-12-24-13-9-17/h5-9,12-13,29H,1,10-11,14-15H2,2-4H3,(H,25,26,28). The molecule has 2 N–H and O–H groups in total. The Morgan fingerprint density at radius 2 is 1.97 bits per heavy atom. The molecule has 0 aliphatic carbocycles. The monoisotopic (exact) mass is 408 g/mol. The fraction of sp³-hybridized carbons (Fsp3) is 0.348. The Balaban J connectivity index is 1.88. The smallest absolute Gasteiger partial charge is 0.323 e. The van der Waals surface area contributed by atoms with Gasteiger partial charge in [-0.05, 0) is 67.7 Å². The Morgan fingerprint density at radius 3 is 2.57 bits per heavy atom. The number of hydrogen-bond donors (Lipinski definition) is 2. The number of nitrogens with zero attached hydrogens (tertiary/aromatic N) is 3. The van der Waals surface area contributed by atoms with E-state index >= 15 is 0 Å². The first kappa shape index (κ1) is 21.5. The van der Waals surface area contributed by atoms with E-state index in [1.807, 2.05) is 31.2 Å². The lowest BCUT2D eigenvalue weighted by molar-refractivity contribution is 0.00484. The van der Waals surface area contributed by atoms with Crippen molar-refractivity contribution >= 4 is 17.6 Å². The number of rotatable bonds is 4. The zero-order chi connectivity index (χ0) is 21.7. The largest absolute Gasteiger partial charge is 0.494 e. The zero-order valence-electron chi connectivity index (χ0n) is 17.7. The zero-order valence-corrected chi connectivity index (χ0v) is 17.7. The third-order valence-electron chi connectivity index (χ3n) is 5.39. The van der Waals surface area contributed by atoms with Gasteiger partial charge >= 0.3 is 6.03 Å². The molecule has 1 aliphatic rings. The molecule has 1 fully saturated rings. The molecular weight excluding hydrogens is 380 g/mol. The fourth-order valence-electron chi connectivity index (χ4n) is 3.45. The second-order valence-electron chi connectivity index (χ2n) is 7.64. The lowest BCUT2D eigenvalue weighted by Gasteiger charge is -2.35. The lowest BCUT2D eigenvalue weighted by Crippen LogP contribution is -2.49. The number of methoxy groups -OCH3 is 1. The van der Waals surface area contributed by atoms with Crippen LogP contribution in [0.1, 0.15) is 25.3 Å². The van der Waals surface area contributed by atoms with Crippen LogP contribution in [0.3, 0.4) is 0 Å². The number of aliphatic hydroxyl groups is 1. The molecule has 2 amide bonds. The first-order valence-corrected chi connectivity index (χ1v) is 9.92. The fourth-order valence-corrected chi connectivity index (χ4v) is 3.45. The van der Waals surface area contributed by atoms with E-state index < -0.39 is 5.60 Å². The van der Waals surface area contributed by atoms with Crippen LogP contribution >= 0.6 is 0 Å². The van der Waals surface area contributed by atoms with Crippen LogP contribution in [-0.2, 0) is 0 Å². The Labute approximate surface area is 177 Å². The van der Waals surface area contributed by atoms with Crippen molar-refractivity contribution in [2.75, 3.05) is 20.2 Å². The Bertz CT molecular complexity index is 944. The molecule has 2 aromatic rings. The molecule has 0 saturated carbocycles. The molecule has 0 bridgehead atoms. The number of benzene rings is 1. The SMILES string of the molecule is C=CC(=Nc1c(OC)ccc(-c2ccncc2)c1C)NC(=O)N1CCC(C)(O)CC1. The molecule has 0 radical (unpaired) electrons. The summed E-state index contributed by atoms with van der Waals surface area (Å²) in [6.45, 7) is 8.53. The van der Waals surface area contributed by atoms with E-state index in [9.17, 15) is 9.90 Å². The van der Waals surface area contributed by atoms with Crippen LogP contribution in [-0.4, -0.2) is 52.7 Å². The van der Waals surface area contributed by atoms with E-state index in [1.165, 1.54) is 6.08 Å². The maximum absolute atomic E-state index is 12.7. The van der Waals surface area contributed by atoms with E-state index in [-0.39, 0.29) is 6.03 Å². The van der Waals surface area contributed by atoms with E-state index in [4.69, 9.17) is 4.74 Å². The van der Waals surface area contributed by atoms with Crippen molar-refractivity contribution in [3.05, 3.63) is 54.9 Å². The number of nitrogens with one attached hydrogen (secondary N) is 1. The van der Waals surface area contributed by atoms with Crippen LogP contribution in [0.25, 0.3) is 11.1 Å². The lowest BCUT2D eigenvalue weighted by atomic mass is 9.94. The van der Waals surface area contributed by atoms with Gasteiger partial charge in [-0.1, -0.05) is 12.6 Å². The minimum atomic E-state index is -0.718. The Hall–Kier alpha value is -3.19. The Morgan fingerprint density at radius 1 is 1.30 bits per heavy atom. The van der Waals surface area contributed by atoms with Crippen molar-refractivity contribution < 1.29 is 14.6 Å². The molecule has 0 atom stereocenters. The van der Waals surface area contributed by atoms with Crippen LogP contribution in [0.4, 0.5) is 10.5 Å². The van der Waals surface area contributed by atoms with Crippen molar-refractivity contribution in [1.82, 2.24) is 15.2 Å². The summed E-state index contributed by atoms with van der Waals surface area (Å²) in [4.78, 5) is 23.1. The number of aliphatic imine (C=N–C) groups is 1. The number of amides is 2. The highest BCUT2D eigenvalue weighted by molar-refractivity contribution is 6.05. The van der Waals surface area contributed by atoms with E-state index in [2.05, 4.69) is 21.9 Å². The number of aromatic nitrogens is 1. The van der Waals surface area contributed by atoms with Crippen LogP contribution in [0.15, 0.2) is 54.3 Å². The third-order valence-corrected chi connectivity index (χ3v) is 5.39. The molecular formula is C23H28N4O3. The molecule has 7 heteroatoms. The minimum absolute atomic E-state index is 0.258. The highest BCUT2D eigenvalue weighted by atomic mass is 16.5. The summed E-state index contributed by atoms with van der Waals surface area (Å²) >= 11 is 0. The summed E-state index contributed by atoms with van der Waals surface area (Å²) < 4.78 is 5.50. The molecule has 1 aromatic heterocycles. The molecule has 3 rings (SSSR count). The first-order valence-electron chi connectivity index (χ1n) is 9.92. The van der Waals surface area contributed by atoms with Gasteiger partial charge in [-0.3, -0.25) is 10.3 Å². The molecule has 158 valence electrons. The number of amidine groups is 1. The maximum atomic E-state index is 12.7. The Kier molecular flexibility index (Phi) is 6.52. The van der Waals surface area contributed by atoms with Crippen molar-refractivity contribution in [3.63, 3.8) is 0 Å². The molecule has 7 nitrogen and oxygen atoms in total. The number of urea groups is 1. The second-order valence-corrected chi connectivity index (χ2v) is 7.64. The molecule has 2 heterocycles. The van der Waals surface area contributed by atoms with Gasteiger partial charge in [0.15, 0.2) is 0 Å². The van der Waals surface area contributed by atoms with Crippen LogP contribution < -0.4 is 10.1 Å². The van der Waals surface area contributed by atoms with Crippen LogP contribution in [0.5, 0.6) is 5.75 Å². The van der Waals surface area contributed by atoms with Crippen LogP contribution in [0.2, 0.25) is 0 Å². The van der Waals surface area contributed by atoms with Gasteiger partial charge in [-0.2, -0.15) is 0 Å². The molecule has 1 saturated heterocycles. The summed E-state index contributed by atoms with van der Waals surface area (Å²) in [7, 11) is 1.59. The predicted molar refractivity (Wildman–Crippen MR) is 118 cm³/mol. The topological polar surface area (TPSA) is 87.1 Å². The van der Waals surface area contributed by atoms with Crippen molar-refractivity contribution in [3.8, 4) is 16.9 Å². The van der Waals surface area contributed by atoms with Gasteiger partial charge in [0.1, 0.15) is 17.3 Å². The van der Waals surface area contributed by atoms with Crippen molar-refractivity contribution in [2.45, 2.75) is 32.3 Å². The summed E-state index contributed by atoms with van der Waals surface area (Å²) in [6.07, 6.45) is 6.08. The average molecular weight is 409 g/mol.